The van der Waals surface area contributed by atoms with Crippen LogP contribution in [0.3, 0.4) is 0 Å². The maximum absolute atomic E-state index is 15.1. The van der Waals surface area contributed by atoms with Crippen molar-refractivity contribution in [3.63, 3.8) is 0 Å². The molecule has 0 amide bonds. The van der Waals surface area contributed by atoms with Crippen molar-refractivity contribution >= 4 is 28.2 Å². The minimum Gasteiger partial charge on any atom is -0.508 e. The van der Waals surface area contributed by atoms with E-state index in [1.54, 1.807) is 55.6 Å². The predicted octanol–water partition coefficient (Wildman–Crippen LogP) is 4.48. The van der Waals surface area contributed by atoms with E-state index in [1.807, 2.05) is 54.6 Å². The predicted molar refractivity (Wildman–Crippen MR) is 215 cm³/mol. The van der Waals surface area contributed by atoms with Gasteiger partial charge < -0.3 is 19.1 Å². The van der Waals surface area contributed by atoms with E-state index in [0.717, 1.165) is 10.1 Å². The third-order valence-corrected chi connectivity index (χ3v) is 12.2. The molecule has 3 aliphatic rings. The first-order valence-electron chi connectivity index (χ1n) is 19.0. The summed E-state index contributed by atoms with van der Waals surface area (Å²) in [7, 11) is 4.62. The zero-order valence-corrected chi connectivity index (χ0v) is 32.0. The summed E-state index contributed by atoms with van der Waals surface area (Å²) in [6.07, 6.45) is 3.40. The molecule has 0 saturated heterocycles. The number of ketones is 2. The fraction of sp³-hybridized carbons (Fsp3) is 0.244. The average Bonchev–Trinajstić information content (AvgIpc) is 3.50. The first-order valence-corrected chi connectivity index (χ1v) is 19.0. The molecule has 2 aromatic heterocycles. The van der Waals surface area contributed by atoms with Crippen molar-refractivity contribution in [2.24, 2.45) is 13.0 Å². The zero-order chi connectivity index (χ0) is 40.5. The van der Waals surface area contributed by atoms with Gasteiger partial charge in [0, 0.05) is 49.6 Å². The third-order valence-electron chi connectivity index (χ3n) is 12.2. The van der Waals surface area contributed by atoms with Crippen molar-refractivity contribution in [3.8, 4) is 17.2 Å². The molecule has 1 saturated carbocycles. The molecule has 0 bridgehead atoms. The van der Waals surface area contributed by atoms with E-state index < -0.39 is 34.7 Å². The number of benzene rings is 4. The largest absolute Gasteiger partial charge is 0.508 e. The number of aromatic nitrogens is 5. The van der Waals surface area contributed by atoms with Crippen molar-refractivity contribution in [2.45, 2.75) is 43.3 Å². The van der Waals surface area contributed by atoms with E-state index in [1.165, 1.54) is 34.2 Å². The number of aromatic hydroxyl groups is 1. The first kappa shape index (κ1) is 36.6. The topological polar surface area (TPSA) is 157 Å². The number of phenols is 1. The molecule has 13 heteroatoms. The monoisotopic (exact) mass is 777 g/mol. The van der Waals surface area contributed by atoms with Crippen LogP contribution in [0.15, 0.2) is 129 Å². The van der Waals surface area contributed by atoms with Crippen molar-refractivity contribution in [1.29, 1.82) is 0 Å². The van der Waals surface area contributed by atoms with Gasteiger partial charge in [0.2, 0.25) is 0 Å². The number of nitrogens with zero attached hydrogens (tertiary/aromatic N) is 5. The molecule has 1 aliphatic heterocycles. The van der Waals surface area contributed by atoms with Crippen molar-refractivity contribution in [2.75, 3.05) is 14.2 Å². The highest BCUT2D eigenvalue weighted by molar-refractivity contribution is 6.31. The van der Waals surface area contributed by atoms with E-state index in [9.17, 15) is 19.5 Å². The lowest BCUT2D eigenvalue weighted by Crippen LogP contribution is -2.58. The number of carbonyl (C=O) groups excluding carboxylic acids is 2. The number of rotatable bonds is 8. The van der Waals surface area contributed by atoms with Crippen LogP contribution < -0.4 is 26.4 Å². The summed E-state index contributed by atoms with van der Waals surface area (Å²) >= 11 is 0. The molecule has 1 N–H and O–H groups in total. The van der Waals surface area contributed by atoms with Crippen LogP contribution in [0, 0.1) is 5.92 Å². The molecule has 4 atom stereocenters. The molecular formula is C45H39N5O8. The van der Waals surface area contributed by atoms with Crippen LogP contribution in [0.4, 0.5) is 0 Å². The molecule has 13 nitrogen and oxygen atoms in total. The Balaban J connectivity index is 1.18. The number of methoxy groups -OCH3 is 2. The number of ether oxygens (including phenoxy) is 2. The number of fused-ring (bicyclic) bond motifs is 5. The number of hydrogen-bond donors (Lipinski definition) is 1. The highest BCUT2D eigenvalue weighted by Gasteiger charge is 2.63. The van der Waals surface area contributed by atoms with Crippen LogP contribution in [-0.2, 0) is 41.6 Å². The molecule has 2 aliphatic carbocycles. The highest BCUT2D eigenvalue weighted by atomic mass is 16.5. The van der Waals surface area contributed by atoms with Gasteiger partial charge in [0.05, 0.1) is 43.3 Å². The first-order chi connectivity index (χ1) is 28.1. The second-order valence-electron chi connectivity index (χ2n) is 14.9. The lowest BCUT2D eigenvalue weighted by Gasteiger charge is -2.54. The average molecular weight is 778 g/mol. The summed E-state index contributed by atoms with van der Waals surface area (Å²) in [5, 5.41) is 10.4. The SMILES string of the molecule is COc1cc2nc(CCn3c(=O)n4n(c3=O)[C@@H]3C[C@H]5C(=O)C(c6ccccc6)=CC(=O)[C@@]5(c5ccccc5)[C@@H](c5ccc(O)cc5)C3=CC4)c(=O)n(C)c2cc1OC. The highest BCUT2D eigenvalue weighted by Crippen LogP contribution is 2.61. The Morgan fingerprint density at radius 1 is 0.845 bits per heavy atom. The van der Waals surface area contributed by atoms with Gasteiger partial charge in [-0.3, -0.25) is 14.4 Å². The second-order valence-corrected chi connectivity index (χ2v) is 14.9. The van der Waals surface area contributed by atoms with Crippen LogP contribution in [0.25, 0.3) is 16.6 Å². The van der Waals surface area contributed by atoms with Crippen molar-refractivity contribution < 1.29 is 24.2 Å². The number of allylic oxidation sites excluding steroid dienone is 4. The molecule has 4 aromatic carbocycles. The van der Waals surface area contributed by atoms with Crippen LogP contribution in [0.2, 0.25) is 0 Å². The smallest absolute Gasteiger partial charge is 0.347 e. The minimum absolute atomic E-state index is 0.0187. The van der Waals surface area contributed by atoms with E-state index in [2.05, 4.69) is 4.98 Å². The Morgan fingerprint density at radius 2 is 1.52 bits per heavy atom. The molecular weight excluding hydrogens is 739 g/mol. The lowest BCUT2D eigenvalue weighted by molar-refractivity contribution is -0.133. The zero-order valence-electron chi connectivity index (χ0n) is 32.0. The number of Topliss-reactive ketones (excluding diaryl/α,β-unsaturated/α-hetero) is 1. The van der Waals surface area contributed by atoms with Gasteiger partial charge >= 0.3 is 11.4 Å². The molecule has 58 heavy (non-hydrogen) atoms. The van der Waals surface area contributed by atoms with E-state index >= 15 is 9.59 Å². The summed E-state index contributed by atoms with van der Waals surface area (Å²) < 4.78 is 16.2. The van der Waals surface area contributed by atoms with E-state index in [0.29, 0.717) is 39.2 Å². The van der Waals surface area contributed by atoms with Gasteiger partial charge in [-0.15, -0.1) is 0 Å². The number of carbonyl (C=O) groups is 2. The minimum atomic E-state index is -1.40. The summed E-state index contributed by atoms with van der Waals surface area (Å²) in [5.74, 6) is -1.26. The lowest BCUT2D eigenvalue weighted by atomic mass is 9.47. The fourth-order valence-electron chi connectivity index (χ4n) is 9.51. The molecule has 9 rings (SSSR count). The summed E-state index contributed by atoms with van der Waals surface area (Å²) in [6, 6.07) is 27.5. The van der Waals surface area contributed by atoms with Gasteiger partial charge in [-0.1, -0.05) is 78.9 Å². The van der Waals surface area contributed by atoms with Gasteiger partial charge in [-0.2, -0.15) is 0 Å². The number of aryl methyl sites for hydroxylation is 2. The third kappa shape index (κ3) is 5.36. The number of phenolic OH excluding ortho intramolecular Hbond substituents is 1. The summed E-state index contributed by atoms with van der Waals surface area (Å²) in [4.78, 5) is 77.1. The second kappa shape index (κ2) is 13.9. The molecule has 0 radical (unpaired) electrons. The quantitative estimate of drug-likeness (QED) is 0.220. The van der Waals surface area contributed by atoms with Gasteiger partial charge in [0.15, 0.2) is 23.1 Å². The standard InChI is InChI=1S/C45H39N5O8/c1-47-36-25-38(58-3)37(57-2)24-34(36)46-33(42(47)54)19-20-48-43(55)49-21-18-30-35(50(49)44(48)56)23-32-41(53)31(26-10-6-4-7-11-26)22-39(52)45(32,28-12-8-5-9-13-28)40(30)27-14-16-29(51)17-15-27/h4-18,22,24-25,32,35,40,51H,19-21,23H2,1-3H3/t32-,35+,40-,45-/m0/s1. The Labute approximate surface area is 331 Å². The van der Waals surface area contributed by atoms with Crippen LogP contribution in [-0.4, -0.2) is 54.4 Å². The summed E-state index contributed by atoms with van der Waals surface area (Å²) in [5.41, 5.74) is 1.16. The normalized spacial score (nSPS) is 21.1. The summed E-state index contributed by atoms with van der Waals surface area (Å²) in [6.45, 7) is -0.104. The molecule has 1 fully saturated rings. The van der Waals surface area contributed by atoms with Crippen LogP contribution in [0.5, 0.6) is 17.2 Å². The van der Waals surface area contributed by atoms with Crippen molar-refractivity contribution in [1.82, 2.24) is 23.5 Å². The Kier molecular flexibility index (Phi) is 8.75. The molecule has 0 unspecified atom stereocenters. The molecule has 0 spiro atoms. The van der Waals surface area contributed by atoms with Gasteiger partial charge in [-0.25, -0.2) is 28.5 Å². The van der Waals surface area contributed by atoms with Crippen LogP contribution in [0.1, 0.15) is 40.8 Å². The number of hydrogen-bond acceptors (Lipinski definition) is 9. The van der Waals surface area contributed by atoms with Crippen LogP contribution >= 0.6 is 0 Å². The van der Waals surface area contributed by atoms with E-state index in [4.69, 9.17) is 9.47 Å². The van der Waals surface area contributed by atoms with Gasteiger partial charge in [0.25, 0.3) is 5.56 Å². The maximum atomic E-state index is 15.1. The fourth-order valence-corrected chi connectivity index (χ4v) is 9.51. The Morgan fingerprint density at radius 3 is 2.21 bits per heavy atom. The van der Waals surface area contributed by atoms with Crippen molar-refractivity contribution in [3.05, 3.63) is 168 Å². The Bertz CT molecular complexity index is 2900. The molecule has 292 valence electrons. The molecule has 6 aromatic rings. The maximum Gasteiger partial charge on any atom is 0.347 e. The molecule has 3 heterocycles. The van der Waals surface area contributed by atoms with E-state index in [-0.39, 0.29) is 60.1 Å². The van der Waals surface area contributed by atoms with Gasteiger partial charge in [-0.05, 0) is 46.9 Å². The Hall–Kier alpha value is -7.02. The van der Waals surface area contributed by atoms with Gasteiger partial charge in [0.1, 0.15) is 11.4 Å².